The minimum Gasteiger partial charge on any atom is -0.308 e. The standard InChI is InChI=1S/C14H28N2/c1-4-13(5-2)16-11-14(8-6-7-9-14)15-10-12(16)3/h12-13,15H,4-11H2,1-3H3. The summed E-state index contributed by atoms with van der Waals surface area (Å²) in [6.45, 7) is 9.54. The van der Waals surface area contributed by atoms with E-state index in [9.17, 15) is 0 Å². The van der Waals surface area contributed by atoms with Gasteiger partial charge in [-0.15, -0.1) is 0 Å². The molecular weight excluding hydrogens is 196 g/mol. The molecule has 2 rings (SSSR count). The number of rotatable bonds is 3. The molecule has 1 N–H and O–H groups in total. The lowest BCUT2D eigenvalue weighted by Gasteiger charge is -2.48. The van der Waals surface area contributed by atoms with Crippen molar-refractivity contribution in [2.45, 2.75) is 76.9 Å². The summed E-state index contributed by atoms with van der Waals surface area (Å²) in [5.74, 6) is 0. The van der Waals surface area contributed by atoms with E-state index in [1.165, 1.54) is 51.6 Å². The lowest BCUT2D eigenvalue weighted by atomic mass is 9.90. The molecular formula is C14H28N2. The average Bonchev–Trinajstić information content (AvgIpc) is 2.74. The summed E-state index contributed by atoms with van der Waals surface area (Å²) < 4.78 is 0. The maximum absolute atomic E-state index is 3.84. The molecule has 1 aliphatic carbocycles. The normalized spacial score (nSPS) is 30.4. The van der Waals surface area contributed by atoms with Gasteiger partial charge < -0.3 is 5.32 Å². The van der Waals surface area contributed by atoms with Gasteiger partial charge in [0, 0.05) is 30.7 Å². The van der Waals surface area contributed by atoms with Crippen LogP contribution in [0.15, 0.2) is 0 Å². The van der Waals surface area contributed by atoms with E-state index in [2.05, 4.69) is 31.0 Å². The first-order valence-corrected chi connectivity index (χ1v) is 7.21. The highest BCUT2D eigenvalue weighted by Gasteiger charge is 2.41. The Kier molecular flexibility index (Phi) is 3.91. The van der Waals surface area contributed by atoms with Crippen molar-refractivity contribution in [3.05, 3.63) is 0 Å². The predicted molar refractivity (Wildman–Crippen MR) is 69.7 cm³/mol. The maximum atomic E-state index is 3.84. The molecule has 0 amide bonds. The van der Waals surface area contributed by atoms with Crippen LogP contribution in [0.25, 0.3) is 0 Å². The zero-order valence-electron chi connectivity index (χ0n) is 11.3. The molecule has 1 atom stereocenters. The van der Waals surface area contributed by atoms with Gasteiger partial charge in [-0.2, -0.15) is 0 Å². The van der Waals surface area contributed by atoms with Crippen molar-refractivity contribution in [3.8, 4) is 0 Å². The van der Waals surface area contributed by atoms with Crippen molar-refractivity contribution in [1.82, 2.24) is 10.2 Å². The quantitative estimate of drug-likeness (QED) is 0.793. The van der Waals surface area contributed by atoms with Crippen LogP contribution < -0.4 is 5.32 Å². The minimum atomic E-state index is 0.481. The third-order valence-electron chi connectivity index (χ3n) is 4.80. The zero-order chi connectivity index (χ0) is 11.6. The molecule has 1 saturated carbocycles. The summed E-state index contributed by atoms with van der Waals surface area (Å²) in [4.78, 5) is 2.78. The van der Waals surface area contributed by atoms with Gasteiger partial charge in [-0.05, 0) is 32.6 Å². The first kappa shape index (κ1) is 12.4. The number of piperazine rings is 1. The van der Waals surface area contributed by atoms with Crippen LogP contribution in [0.3, 0.4) is 0 Å². The number of nitrogens with zero attached hydrogens (tertiary/aromatic N) is 1. The Morgan fingerprint density at radius 1 is 1.25 bits per heavy atom. The second-order valence-corrected chi connectivity index (χ2v) is 5.86. The zero-order valence-corrected chi connectivity index (χ0v) is 11.3. The smallest absolute Gasteiger partial charge is 0.0309 e. The van der Waals surface area contributed by atoms with E-state index >= 15 is 0 Å². The average molecular weight is 224 g/mol. The van der Waals surface area contributed by atoms with E-state index in [-0.39, 0.29) is 0 Å². The lowest BCUT2D eigenvalue weighted by Crippen LogP contribution is -2.64. The second-order valence-electron chi connectivity index (χ2n) is 5.86. The van der Waals surface area contributed by atoms with Gasteiger partial charge in [0.05, 0.1) is 0 Å². The van der Waals surface area contributed by atoms with E-state index in [0.29, 0.717) is 5.54 Å². The highest BCUT2D eigenvalue weighted by Crippen LogP contribution is 2.34. The van der Waals surface area contributed by atoms with Crippen molar-refractivity contribution in [1.29, 1.82) is 0 Å². The molecule has 2 aliphatic rings. The summed E-state index contributed by atoms with van der Waals surface area (Å²) in [7, 11) is 0. The van der Waals surface area contributed by atoms with Gasteiger partial charge >= 0.3 is 0 Å². The van der Waals surface area contributed by atoms with Gasteiger partial charge in [0.25, 0.3) is 0 Å². The third-order valence-corrected chi connectivity index (χ3v) is 4.80. The molecule has 1 heterocycles. The third kappa shape index (κ3) is 2.28. The molecule has 0 aromatic rings. The Hall–Kier alpha value is -0.0800. The molecule has 0 aromatic carbocycles. The maximum Gasteiger partial charge on any atom is 0.0309 e. The van der Waals surface area contributed by atoms with Crippen molar-refractivity contribution in [3.63, 3.8) is 0 Å². The number of hydrogen-bond donors (Lipinski definition) is 1. The number of nitrogens with one attached hydrogen (secondary N) is 1. The van der Waals surface area contributed by atoms with Gasteiger partial charge in [0.15, 0.2) is 0 Å². The highest BCUT2D eigenvalue weighted by molar-refractivity contribution is 5.01. The van der Waals surface area contributed by atoms with Gasteiger partial charge in [-0.25, -0.2) is 0 Å². The largest absolute Gasteiger partial charge is 0.308 e. The fraction of sp³-hybridized carbons (Fsp3) is 1.00. The molecule has 0 bridgehead atoms. The molecule has 2 nitrogen and oxygen atoms in total. The SMILES string of the molecule is CCC(CC)N1CC2(CCCC2)NCC1C. The fourth-order valence-electron chi connectivity index (χ4n) is 3.68. The Morgan fingerprint density at radius 3 is 2.44 bits per heavy atom. The summed E-state index contributed by atoms with van der Waals surface area (Å²) in [5.41, 5.74) is 0.481. The van der Waals surface area contributed by atoms with Crippen LogP contribution in [-0.2, 0) is 0 Å². The summed E-state index contributed by atoms with van der Waals surface area (Å²) >= 11 is 0. The molecule has 1 saturated heterocycles. The van der Waals surface area contributed by atoms with E-state index in [4.69, 9.17) is 0 Å². The van der Waals surface area contributed by atoms with Crippen LogP contribution in [0.5, 0.6) is 0 Å². The van der Waals surface area contributed by atoms with Crippen LogP contribution >= 0.6 is 0 Å². The molecule has 1 aliphatic heterocycles. The molecule has 2 fully saturated rings. The van der Waals surface area contributed by atoms with Crippen molar-refractivity contribution < 1.29 is 0 Å². The Bertz CT molecular complexity index is 217. The lowest BCUT2D eigenvalue weighted by molar-refractivity contribution is 0.0471. The van der Waals surface area contributed by atoms with Crippen molar-refractivity contribution in [2.24, 2.45) is 0 Å². The van der Waals surface area contributed by atoms with E-state index < -0.39 is 0 Å². The Labute approximate surface area is 101 Å². The van der Waals surface area contributed by atoms with Gasteiger partial charge in [-0.1, -0.05) is 26.7 Å². The summed E-state index contributed by atoms with van der Waals surface area (Å²) in [6, 6.07) is 1.52. The monoisotopic (exact) mass is 224 g/mol. The van der Waals surface area contributed by atoms with Crippen LogP contribution in [0.1, 0.15) is 59.3 Å². The first-order valence-electron chi connectivity index (χ1n) is 7.21. The Morgan fingerprint density at radius 2 is 1.88 bits per heavy atom. The molecule has 2 heteroatoms. The predicted octanol–water partition coefficient (Wildman–Crippen LogP) is 2.78. The minimum absolute atomic E-state index is 0.481. The van der Waals surface area contributed by atoms with Crippen LogP contribution in [0, 0.1) is 0 Å². The van der Waals surface area contributed by atoms with Gasteiger partial charge in [-0.3, -0.25) is 4.90 Å². The van der Waals surface area contributed by atoms with Gasteiger partial charge in [0.2, 0.25) is 0 Å². The Balaban J connectivity index is 2.04. The highest BCUT2D eigenvalue weighted by atomic mass is 15.3. The molecule has 0 aromatic heterocycles. The molecule has 16 heavy (non-hydrogen) atoms. The second kappa shape index (κ2) is 5.05. The first-order chi connectivity index (χ1) is 7.71. The summed E-state index contributed by atoms with van der Waals surface area (Å²) in [5, 5.41) is 3.84. The molecule has 1 spiro atoms. The van der Waals surface area contributed by atoms with Crippen LogP contribution in [0.4, 0.5) is 0 Å². The summed E-state index contributed by atoms with van der Waals surface area (Å²) in [6.07, 6.45) is 8.26. The van der Waals surface area contributed by atoms with Crippen molar-refractivity contribution in [2.75, 3.05) is 13.1 Å². The fourth-order valence-corrected chi connectivity index (χ4v) is 3.68. The molecule has 94 valence electrons. The van der Waals surface area contributed by atoms with E-state index in [0.717, 1.165) is 12.1 Å². The van der Waals surface area contributed by atoms with E-state index in [1.807, 2.05) is 0 Å². The topological polar surface area (TPSA) is 15.3 Å². The van der Waals surface area contributed by atoms with E-state index in [1.54, 1.807) is 0 Å². The van der Waals surface area contributed by atoms with Crippen LogP contribution in [-0.4, -0.2) is 35.6 Å². The van der Waals surface area contributed by atoms with Gasteiger partial charge in [0.1, 0.15) is 0 Å². The van der Waals surface area contributed by atoms with Crippen molar-refractivity contribution >= 4 is 0 Å². The number of hydrogen-bond acceptors (Lipinski definition) is 2. The molecule has 1 unspecified atom stereocenters. The molecule has 0 radical (unpaired) electrons. The van der Waals surface area contributed by atoms with Crippen LogP contribution in [0.2, 0.25) is 0 Å².